The Morgan fingerprint density at radius 3 is 2.72 bits per heavy atom. The second-order valence-electron chi connectivity index (χ2n) is 4.28. The molecule has 0 fully saturated rings. The summed E-state index contributed by atoms with van der Waals surface area (Å²) < 4.78 is 6.49. The lowest BCUT2D eigenvalue weighted by atomic mass is 10.2. The number of nitrogens with zero attached hydrogens (tertiary/aromatic N) is 3. The fourth-order valence-corrected chi connectivity index (χ4v) is 1.45. The van der Waals surface area contributed by atoms with Gasteiger partial charge in [-0.05, 0) is 13.0 Å². The number of ether oxygens (including phenoxy) is 1. The highest BCUT2D eigenvalue weighted by Crippen LogP contribution is 2.05. The van der Waals surface area contributed by atoms with Gasteiger partial charge in [-0.25, -0.2) is 0 Å². The lowest BCUT2D eigenvalue weighted by molar-refractivity contribution is -0.147. The van der Waals surface area contributed by atoms with Crippen LogP contribution < -0.4 is 0 Å². The third-order valence-electron chi connectivity index (χ3n) is 2.42. The summed E-state index contributed by atoms with van der Waals surface area (Å²) in [4.78, 5) is 24.6. The molecule has 0 spiro atoms. The second-order valence-corrected chi connectivity index (χ2v) is 4.28. The maximum Gasteiger partial charge on any atom is 0.310 e. The van der Waals surface area contributed by atoms with Gasteiger partial charge >= 0.3 is 5.97 Å². The number of carbonyl (C=O) groups excluding carboxylic acids is 2. The largest absolute Gasteiger partial charge is 0.466 e. The van der Waals surface area contributed by atoms with E-state index in [1.165, 1.54) is 4.90 Å². The predicted molar refractivity (Wildman–Crippen MR) is 66.0 cm³/mol. The summed E-state index contributed by atoms with van der Waals surface area (Å²) in [5.74, 6) is -0.696. The average Bonchev–Trinajstić information content (AvgIpc) is 2.76. The first kappa shape index (κ1) is 14.2. The number of rotatable bonds is 5. The van der Waals surface area contributed by atoms with Gasteiger partial charge in [0.25, 0.3) is 5.91 Å². The summed E-state index contributed by atoms with van der Waals surface area (Å²) in [6.45, 7) is 4.31. The number of hydrogen-bond donors (Lipinski definition) is 0. The first-order chi connectivity index (χ1) is 8.45. The Hall–Kier alpha value is -1.85. The van der Waals surface area contributed by atoms with Gasteiger partial charge in [0.05, 0.1) is 19.1 Å². The van der Waals surface area contributed by atoms with E-state index in [0.29, 0.717) is 18.8 Å². The molecule has 0 aromatic carbocycles. The molecule has 1 amide bonds. The van der Waals surface area contributed by atoms with Gasteiger partial charge in [0, 0.05) is 20.3 Å². The smallest absolute Gasteiger partial charge is 0.310 e. The van der Waals surface area contributed by atoms with Gasteiger partial charge < -0.3 is 9.64 Å². The number of esters is 1. The summed E-state index contributed by atoms with van der Waals surface area (Å²) in [6, 6.07) is 1.64. The van der Waals surface area contributed by atoms with Crippen molar-refractivity contribution >= 4 is 11.9 Å². The molecule has 0 radical (unpaired) electrons. The fourth-order valence-electron chi connectivity index (χ4n) is 1.45. The van der Waals surface area contributed by atoms with Crippen molar-refractivity contribution in [2.24, 2.45) is 5.92 Å². The number of amides is 1. The van der Waals surface area contributed by atoms with Crippen molar-refractivity contribution in [3.8, 4) is 0 Å². The van der Waals surface area contributed by atoms with Crippen LogP contribution in [0.2, 0.25) is 0 Å². The van der Waals surface area contributed by atoms with Crippen LogP contribution in [0.15, 0.2) is 12.3 Å². The van der Waals surface area contributed by atoms with Crippen LogP contribution in [-0.2, 0) is 16.1 Å². The molecule has 1 heterocycles. The first-order valence-electron chi connectivity index (χ1n) is 5.87. The van der Waals surface area contributed by atoms with Gasteiger partial charge in [0.1, 0.15) is 5.69 Å². The molecule has 0 bridgehead atoms. The summed E-state index contributed by atoms with van der Waals surface area (Å²) in [7, 11) is 3.34. The standard InChI is InChI=1S/C12H19N3O3/c1-5-18-12(17)9(2)8-15-7-6-10(13-15)11(16)14(3)4/h6-7,9H,5,8H2,1-4H3. The van der Waals surface area contributed by atoms with Crippen molar-refractivity contribution in [1.82, 2.24) is 14.7 Å². The average molecular weight is 253 g/mol. The lowest BCUT2D eigenvalue weighted by Crippen LogP contribution is -2.23. The summed E-state index contributed by atoms with van der Waals surface area (Å²) >= 11 is 0. The molecule has 0 aliphatic carbocycles. The zero-order valence-electron chi connectivity index (χ0n) is 11.2. The molecule has 1 unspecified atom stereocenters. The Morgan fingerprint density at radius 1 is 1.50 bits per heavy atom. The zero-order valence-corrected chi connectivity index (χ0v) is 11.2. The van der Waals surface area contributed by atoms with Crippen molar-refractivity contribution in [3.63, 3.8) is 0 Å². The fraction of sp³-hybridized carbons (Fsp3) is 0.583. The molecule has 100 valence electrons. The minimum atomic E-state index is -0.285. The molecule has 0 saturated heterocycles. The molecule has 6 nitrogen and oxygen atoms in total. The minimum absolute atomic E-state index is 0.155. The van der Waals surface area contributed by atoms with Crippen LogP contribution in [-0.4, -0.2) is 47.3 Å². The van der Waals surface area contributed by atoms with E-state index >= 15 is 0 Å². The maximum absolute atomic E-state index is 11.6. The van der Waals surface area contributed by atoms with Gasteiger partial charge in [-0.3, -0.25) is 14.3 Å². The minimum Gasteiger partial charge on any atom is -0.466 e. The predicted octanol–water partition coefficient (Wildman–Crippen LogP) is 0.784. The van der Waals surface area contributed by atoms with E-state index in [1.54, 1.807) is 44.9 Å². The van der Waals surface area contributed by atoms with Crippen LogP contribution in [0.5, 0.6) is 0 Å². The molecule has 0 N–H and O–H groups in total. The normalized spacial score (nSPS) is 12.0. The van der Waals surface area contributed by atoms with Crippen LogP contribution in [0, 0.1) is 5.92 Å². The van der Waals surface area contributed by atoms with Gasteiger partial charge in [0.2, 0.25) is 0 Å². The molecule has 0 saturated carbocycles. The highest BCUT2D eigenvalue weighted by molar-refractivity contribution is 5.91. The first-order valence-corrected chi connectivity index (χ1v) is 5.87. The maximum atomic E-state index is 11.6. The van der Waals surface area contributed by atoms with E-state index < -0.39 is 0 Å². The summed E-state index contributed by atoms with van der Waals surface area (Å²) in [6.07, 6.45) is 1.69. The highest BCUT2D eigenvalue weighted by atomic mass is 16.5. The van der Waals surface area contributed by atoms with Crippen molar-refractivity contribution in [2.45, 2.75) is 20.4 Å². The molecular weight excluding hydrogens is 234 g/mol. The Labute approximate surface area is 107 Å². The lowest BCUT2D eigenvalue weighted by Gasteiger charge is -2.10. The summed E-state index contributed by atoms with van der Waals surface area (Å²) in [5.41, 5.74) is 0.371. The van der Waals surface area contributed by atoms with Crippen LogP contribution in [0.1, 0.15) is 24.3 Å². The number of aromatic nitrogens is 2. The van der Waals surface area contributed by atoms with E-state index in [1.807, 2.05) is 0 Å². The van der Waals surface area contributed by atoms with E-state index in [0.717, 1.165) is 0 Å². The van der Waals surface area contributed by atoms with Gasteiger partial charge in [-0.2, -0.15) is 5.10 Å². The molecule has 1 aromatic rings. The van der Waals surface area contributed by atoms with Gasteiger partial charge in [-0.15, -0.1) is 0 Å². The Bertz CT molecular complexity index is 426. The molecule has 0 aliphatic heterocycles. The molecule has 6 heteroatoms. The van der Waals surface area contributed by atoms with Crippen LogP contribution in [0.25, 0.3) is 0 Å². The molecule has 0 aliphatic rings. The Balaban J connectivity index is 2.64. The Morgan fingerprint density at radius 2 is 2.17 bits per heavy atom. The van der Waals surface area contributed by atoms with Crippen LogP contribution in [0.3, 0.4) is 0 Å². The third kappa shape index (κ3) is 3.58. The second kappa shape index (κ2) is 6.18. The highest BCUT2D eigenvalue weighted by Gasteiger charge is 2.17. The van der Waals surface area contributed by atoms with Crippen molar-refractivity contribution < 1.29 is 14.3 Å². The molecular formula is C12H19N3O3. The SMILES string of the molecule is CCOC(=O)C(C)Cn1ccc(C(=O)N(C)C)n1. The van der Waals surface area contributed by atoms with Gasteiger partial charge in [0.15, 0.2) is 0 Å². The summed E-state index contributed by atoms with van der Waals surface area (Å²) in [5, 5.41) is 4.13. The van der Waals surface area contributed by atoms with E-state index in [4.69, 9.17) is 4.74 Å². The quantitative estimate of drug-likeness (QED) is 0.728. The molecule has 1 aromatic heterocycles. The van der Waals surface area contributed by atoms with E-state index in [-0.39, 0.29) is 17.8 Å². The van der Waals surface area contributed by atoms with Crippen molar-refractivity contribution in [1.29, 1.82) is 0 Å². The monoisotopic (exact) mass is 253 g/mol. The molecule has 1 rings (SSSR count). The van der Waals surface area contributed by atoms with E-state index in [9.17, 15) is 9.59 Å². The third-order valence-corrected chi connectivity index (χ3v) is 2.42. The van der Waals surface area contributed by atoms with Crippen molar-refractivity contribution in [2.75, 3.05) is 20.7 Å². The zero-order chi connectivity index (χ0) is 13.7. The number of hydrogen-bond acceptors (Lipinski definition) is 4. The van der Waals surface area contributed by atoms with Crippen LogP contribution in [0.4, 0.5) is 0 Å². The number of carbonyl (C=O) groups is 2. The molecule has 1 atom stereocenters. The van der Waals surface area contributed by atoms with Crippen molar-refractivity contribution in [3.05, 3.63) is 18.0 Å². The molecule has 18 heavy (non-hydrogen) atoms. The van der Waals surface area contributed by atoms with Crippen LogP contribution >= 0.6 is 0 Å². The van der Waals surface area contributed by atoms with Gasteiger partial charge in [-0.1, -0.05) is 6.92 Å². The Kier molecular flexibility index (Phi) is 4.88. The topological polar surface area (TPSA) is 64.4 Å². The van der Waals surface area contributed by atoms with E-state index in [2.05, 4.69) is 5.10 Å².